The zero-order chi connectivity index (χ0) is 14.7. The molecule has 20 heavy (non-hydrogen) atoms. The van der Waals surface area contributed by atoms with Crippen molar-refractivity contribution in [1.29, 1.82) is 0 Å². The van der Waals surface area contributed by atoms with E-state index >= 15 is 0 Å². The smallest absolute Gasteiger partial charge is 0.247 e. The molecule has 0 spiro atoms. The molecule has 0 bridgehead atoms. The molecule has 4 N–H and O–H groups in total. The summed E-state index contributed by atoms with van der Waals surface area (Å²) in [6.07, 6.45) is 1.67. The van der Waals surface area contributed by atoms with Gasteiger partial charge in [-0.15, -0.1) is 0 Å². The SMILES string of the molecule is O=C(C=Cc1ccoc1)N1C[C@H](O)[C@@H](O)[C@H](O)[C@H]1CO. The summed E-state index contributed by atoms with van der Waals surface area (Å²) in [6, 6.07) is 0.714. The van der Waals surface area contributed by atoms with Crippen molar-refractivity contribution in [1.82, 2.24) is 4.90 Å². The highest BCUT2D eigenvalue weighted by Crippen LogP contribution is 2.19. The summed E-state index contributed by atoms with van der Waals surface area (Å²) < 4.78 is 4.85. The second kappa shape index (κ2) is 6.19. The molecule has 0 saturated carbocycles. The number of hydrogen-bond donors (Lipinski definition) is 4. The van der Waals surface area contributed by atoms with Gasteiger partial charge in [-0.05, 0) is 12.1 Å². The van der Waals surface area contributed by atoms with Crippen LogP contribution in [-0.4, -0.2) is 68.7 Å². The monoisotopic (exact) mass is 283 g/mol. The van der Waals surface area contributed by atoms with Crippen LogP contribution in [-0.2, 0) is 4.79 Å². The van der Waals surface area contributed by atoms with Crippen LogP contribution in [0, 0.1) is 0 Å². The minimum absolute atomic E-state index is 0.155. The lowest BCUT2D eigenvalue weighted by atomic mass is 9.94. The summed E-state index contributed by atoms with van der Waals surface area (Å²) in [6.45, 7) is -0.658. The van der Waals surface area contributed by atoms with Gasteiger partial charge in [-0.3, -0.25) is 4.79 Å². The third-order valence-corrected chi connectivity index (χ3v) is 3.35. The summed E-state index contributed by atoms with van der Waals surface area (Å²) in [4.78, 5) is 13.2. The maximum absolute atomic E-state index is 12.1. The molecular weight excluding hydrogens is 266 g/mol. The molecule has 0 radical (unpaired) electrons. The first-order chi connectivity index (χ1) is 9.54. The average Bonchev–Trinajstić information content (AvgIpc) is 2.95. The van der Waals surface area contributed by atoms with Gasteiger partial charge in [0.1, 0.15) is 18.3 Å². The number of rotatable bonds is 3. The molecule has 0 aliphatic carbocycles. The van der Waals surface area contributed by atoms with E-state index in [-0.39, 0.29) is 6.54 Å². The Kier molecular flexibility index (Phi) is 4.56. The lowest BCUT2D eigenvalue weighted by Gasteiger charge is -2.42. The molecule has 1 fully saturated rings. The van der Waals surface area contributed by atoms with Crippen LogP contribution in [0.15, 0.2) is 29.1 Å². The van der Waals surface area contributed by atoms with Gasteiger partial charge in [0.05, 0.1) is 31.7 Å². The van der Waals surface area contributed by atoms with Crippen molar-refractivity contribution in [3.63, 3.8) is 0 Å². The lowest BCUT2D eigenvalue weighted by molar-refractivity contribution is -0.162. The number of aliphatic hydroxyl groups is 4. The Hall–Kier alpha value is -1.67. The molecule has 110 valence electrons. The molecule has 7 nitrogen and oxygen atoms in total. The fraction of sp³-hybridized carbons (Fsp3) is 0.462. The molecule has 1 aromatic heterocycles. The molecule has 2 heterocycles. The number of likely N-dealkylation sites (tertiary alicyclic amines) is 1. The van der Waals surface area contributed by atoms with E-state index in [9.17, 15) is 25.2 Å². The van der Waals surface area contributed by atoms with Gasteiger partial charge < -0.3 is 29.7 Å². The van der Waals surface area contributed by atoms with Crippen LogP contribution in [0.3, 0.4) is 0 Å². The summed E-state index contributed by atoms with van der Waals surface area (Å²) in [7, 11) is 0. The standard InChI is InChI=1S/C13H17NO6/c15-6-9-12(18)13(19)10(16)5-14(9)11(17)2-1-8-3-4-20-7-8/h1-4,7,9-10,12-13,15-16,18-19H,5-6H2/t9-,10+,12-,13-/m1/s1. The number of carbonyl (C=O) groups is 1. The van der Waals surface area contributed by atoms with E-state index < -0.39 is 36.9 Å². The molecule has 1 aliphatic rings. The van der Waals surface area contributed by atoms with E-state index in [0.717, 1.165) is 4.90 Å². The molecule has 7 heteroatoms. The number of aliphatic hydroxyl groups excluding tert-OH is 4. The molecule has 0 aromatic carbocycles. The van der Waals surface area contributed by atoms with Crippen LogP contribution >= 0.6 is 0 Å². The second-order valence-electron chi connectivity index (χ2n) is 4.68. The fourth-order valence-corrected chi connectivity index (χ4v) is 2.18. The molecular formula is C13H17NO6. The summed E-state index contributed by atoms with van der Waals surface area (Å²) >= 11 is 0. The average molecular weight is 283 g/mol. The highest BCUT2D eigenvalue weighted by molar-refractivity contribution is 5.92. The van der Waals surface area contributed by atoms with Gasteiger partial charge in [0, 0.05) is 11.6 Å². The van der Waals surface area contributed by atoms with Crippen molar-refractivity contribution >= 4 is 12.0 Å². The first kappa shape index (κ1) is 14.7. The number of piperidine rings is 1. The van der Waals surface area contributed by atoms with E-state index in [1.807, 2.05) is 0 Å². The summed E-state index contributed by atoms with van der Waals surface area (Å²) in [5.74, 6) is -0.477. The van der Waals surface area contributed by atoms with E-state index in [1.165, 1.54) is 24.7 Å². The Labute approximate surface area is 115 Å². The Morgan fingerprint density at radius 3 is 2.75 bits per heavy atom. The maximum Gasteiger partial charge on any atom is 0.247 e. The highest BCUT2D eigenvalue weighted by atomic mass is 16.4. The quantitative estimate of drug-likeness (QED) is 0.506. The minimum atomic E-state index is -1.39. The maximum atomic E-state index is 12.1. The normalized spacial score (nSPS) is 30.9. The predicted molar refractivity (Wildman–Crippen MR) is 68.3 cm³/mol. The Balaban J connectivity index is 2.11. The van der Waals surface area contributed by atoms with Gasteiger partial charge in [-0.1, -0.05) is 0 Å². The van der Waals surface area contributed by atoms with Crippen LogP contribution in [0.2, 0.25) is 0 Å². The van der Waals surface area contributed by atoms with Gasteiger partial charge in [0.15, 0.2) is 0 Å². The summed E-state index contributed by atoms with van der Waals surface area (Å²) in [5, 5.41) is 38.2. The minimum Gasteiger partial charge on any atom is -0.472 e. The zero-order valence-corrected chi connectivity index (χ0v) is 10.7. The van der Waals surface area contributed by atoms with Gasteiger partial charge in [0.2, 0.25) is 5.91 Å². The third-order valence-electron chi connectivity index (χ3n) is 3.35. The number of hydrogen-bond acceptors (Lipinski definition) is 6. The van der Waals surface area contributed by atoms with Crippen molar-refractivity contribution in [3.8, 4) is 0 Å². The number of furan rings is 1. The largest absolute Gasteiger partial charge is 0.472 e. The number of nitrogens with zero attached hydrogens (tertiary/aromatic N) is 1. The van der Waals surface area contributed by atoms with Crippen molar-refractivity contribution in [2.75, 3.05) is 13.2 Å². The highest BCUT2D eigenvalue weighted by Gasteiger charge is 2.42. The first-order valence-corrected chi connectivity index (χ1v) is 6.20. The van der Waals surface area contributed by atoms with Gasteiger partial charge in [-0.2, -0.15) is 0 Å². The van der Waals surface area contributed by atoms with Crippen molar-refractivity contribution in [2.24, 2.45) is 0 Å². The second-order valence-corrected chi connectivity index (χ2v) is 4.68. The zero-order valence-electron chi connectivity index (χ0n) is 10.7. The van der Waals surface area contributed by atoms with Crippen LogP contribution < -0.4 is 0 Å². The Morgan fingerprint density at radius 1 is 1.40 bits per heavy atom. The van der Waals surface area contributed by atoms with Crippen LogP contribution in [0.4, 0.5) is 0 Å². The number of amides is 1. The van der Waals surface area contributed by atoms with Crippen LogP contribution in [0.25, 0.3) is 6.08 Å². The van der Waals surface area contributed by atoms with Crippen LogP contribution in [0.5, 0.6) is 0 Å². The van der Waals surface area contributed by atoms with Crippen molar-refractivity contribution < 1.29 is 29.6 Å². The van der Waals surface area contributed by atoms with Crippen LogP contribution in [0.1, 0.15) is 5.56 Å². The number of carbonyl (C=O) groups excluding carboxylic acids is 1. The van der Waals surface area contributed by atoms with Gasteiger partial charge in [0.25, 0.3) is 0 Å². The Morgan fingerprint density at radius 2 is 2.15 bits per heavy atom. The van der Waals surface area contributed by atoms with E-state index in [2.05, 4.69) is 0 Å². The molecule has 0 unspecified atom stereocenters. The lowest BCUT2D eigenvalue weighted by Crippen LogP contribution is -2.63. The Bertz CT molecular complexity index is 471. The predicted octanol–water partition coefficient (Wildman–Crippen LogP) is -1.42. The molecule has 1 aromatic rings. The van der Waals surface area contributed by atoms with Gasteiger partial charge in [-0.25, -0.2) is 0 Å². The molecule has 1 amide bonds. The van der Waals surface area contributed by atoms with E-state index in [1.54, 1.807) is 6.07 Å². The summed E-state index contributed by atoms with van der Waals surface area (Å²) in [5.41, 5.74) is 0.692. The van der Waals surface area contributed by atoms with Crippen molar-refractivity contribution in [3.05, 3.63) is 30.2 Å². The van der Waals surface area contributed by atoms with Gasteiger partial charge >= 0.3 is 0 Å². The molecule has 4 atom stereocenters. The number of β-amino-alcohol motifs (C(OH)–C–C–N with tert-alkyl or cyclic N) is 1. The molecule has 1 aliphatic heterocycles. The molecule has 2 rings (SSSR count). The molecule has 1 saturated heterocycles. The van der Waals surface area contributed by atoms with E-state index in [4.69, 9.17) is 4.42 Å². The topological polar surface area (TPSA) is 114 Å². The van der Waals surface area contributed by atoms with E-state index in [0.29, 0.717) is 5.56 Å². The first-order valence-electron chi connectivity index (χ1n) is 6.20. The third kappa shape index (κ3) is 2.91. The fourth-order valence-electron chi connectivity index (χ4n) is 2.18. The van der Waals surface area contributed by atoms with Crippen molar-refractivity contribution in [2.45, 2.75) is 24.4 Å².